The second-order valence-corrected chi connectivity index (χ2v) is 8.87. The molecule has 1 aromatic carbocycles. The summed E-state index contributed by atoms with van der Waals surface area (Å²) in [6.07, 6.45) is 2.17. The molecule has 3 heterocycles. The van der Waals surface area contributed by atoms with Gasteiger partial charge in [-0.25, -0.2) is 19.4 Å². The van der Waals surface area contributed by atoms with Crippen molar-refractivity contribution < 1.29 is 18.8 Å². The maximum absolute atomic E-state index is 14.3. The molecule has 0 atom stereocenters. The minimum absolute atomic E-state index is 0.0860. The zero-order valence-corrected chi connectivity index (χ0v) is 18.5. The fourth-order valence-corrected chi connectivity index (χ4v) is 3.87. The Bertz CT molecular complexity index is 1230. The Morgan fingerprint density at radius 1 is 1.27 bits per heavy atom. The van der Waals surface area contributed by atoms with Crippen molar-refractivity contribution in [1.82, 2.24) is 24.6 Å². The van der Waals surface area contributed by atoms with Crippen LogP contribution in [0.3, 0.4) is 0 Å². The quantitative estimate of drug-likeness (QED) is 0.463. The van der Waals surface area contributed by atoms with Crippen LogP contribution in [0.1, 0.15) is 39.7 Å². The van der Waals surface area contributed by atoms with Crippen molar-refractivity contribution >= 4 is 28.6 Å². The van der Waals surface area contributed by atoms with E-state index in [0.717, 1.165) is 12.1 Å². The number of nitrogens with zero attached hydrogens (tertiary/aromatic N) is 6. The fourth-order valence-electron chi connectivity index (χ4n) is 3.87. The minimum Gasteiger partial charge on any atom is -0.444 e. The van der Waals surface area contributed by atoms with Crippen molar-refractivity contribution in [3.63, 3.8) is 0 Å². The van der Waals surface area contributed by atoms with Gasteiger partial charge in [0.15, 0.2) is 5.65 Å². The smallest absolute Gasteiger partial charge is 0.410 e. The standard InChI is InChI=1S/C21H24FN7O4/c1-21(2,3)33-20(30)27-8-6-13(7-9-27)28-19-16(18(23)24-11-25-19)17(26-28)12-4-5-15(29(31)32)14(22)10-12/h4-5,10-11,13H,6-9H2,1-3H3,(H2,23,24,25). The number of rotatable bonds is 3. The SMILES string of the molecule is CC(C)(C)OC(=O)N1CCC(n2nc(-c3ccc([N+](=O)[O-])c(F)c3)c3c(N)ncnc32)CC1. The van der Waals surface area contributed by atoms with Crippen LogP contribution in [0.15, 0.2) is 24.5 Å². The van der Waals surface area contributed by atoms with Crippen molar-refractivity contribution in [3.8, 4) is 11.3 Å². The van der Waals surface area contributed by atoms with Gasteiger partial charge in [-0.3, -0.25) is 10.1 Å². The van der Waals surface area contributed by atoms with E-state index >= 15 is 0 Å². The Morgan fingerprint density at radius 3 is 2.58 bits per heavy atom. The molecule has 1 saturated heterocycles. The van der Waals surface area contributed by atoms with Gasteiger partial charge in [-0.2, -0.15) is 9.49 Å². The molecule has 0 bridgehead atoms. The lowest BCUT2D eigenvalue weighted by Crippen LogP contribution is -2.42. The number of nitro benzene ring substituents is 1. The predicted molar refractivity (Wildman–Crippen MR) is 118 cm³/mol. The van der Waals surface area contributed by atoms with Gasteiger partial charge in [0, 0.05) is 24.7 Å². The van der Waals surface area contributed by atoms with Gasteiger partial charge in [-0.1, -0.05) is 0 Å². The highest BCUT2D eigenvalue weighted by molar-refractivity contribution is 5.98. The third kappa shape index (κ3) is 4.41. The van der Waals surface area contributed by atoms with Crippen molar-refractivity contribution in [1.29, 1.82) is 0 Å². The van der Waals surface area contributed by atoms with E-state index < -0.39 is 22.0 Å². The molecule has 2 N–H and O–H groups in total. The predicted octanol–water partition coefficient (Wildman–Crippen LogP) is 3.69. The molecular weight excluding hydrogens is 433 g/mol. The average molecular weight is 457 g/mol. The summed E-state index contributed by atoms with van der Waals surface area (Å²) in [5.41, 5.74) is 6.05. The van der Waals surface area contributed by atoms with Crippen LogP contribution in [0.4, 0.5) is 20.7 Å². The van der Waals surface area contributed by atoms with E-state index in [9.17, 15) is 19.3 Å². The van der Waals surface area contributed by atoms with Gasteiger partial charge in [-0.15, -0.1) is 0 Å². The summed E-state index contributed by atoms with van der Waals surface area (Å²) >= 11 is 0. The van der Waals surface area contributed by atoms with Gasteiger partial charge in [0.25, 0.3) is 0 Å². The first kappa shape index (κ1) is 22.4. The number of benzene rings is 1. The zero-order chi connectivity index (χ0) is 23.9. The van der Waals surface area contributed by atoms with E-state index in [-0.39, 0.29) is 18.0 Å². The van der Waals surface area contributed by atoms with Gasteiger partial charge in [0.05, 0.1) is 16.4 Å². The Labute approximate surface area is 188 Å². The molecule has 174 valence electrons. The molecule has 1 aliphatic rings. The lowest BCUT2D eigenvalue weighted by molar-refractivity contribution is -0.387. The third-order valence-corrected chi connectivity index (χ3v) is 5.40. The molecule has 11 nitrogen and oxygen atoms in total. The molecular formula is C21H24FN7O4. The number of anilines is 1. The first-order valence-electron chi connectivity index (χ1n) is 10.5. The Hall–Kier alpha value is -3.83. The lowest BCUT2D eigenvalue weighted by Gasteiger charge is -2.33. The maximum atomic E-state index is 14.3. The van der Waals surface area contributed by atoms with Gasteiger partial charge in [-0.05, 0) is 45.7 Å². The Morgan fingerprint density at radius 2 is 1.97 bits per heavy atom. The topological polar surface area (TPSA) is 142 Å². The number of piperidine rings is 1. The van der Waals surface area contributed by atoms with Crippen molar-refractivity contribution in [2.24, 2.45) is 0 Å². The van der Waals surface area contributed by atoms with Gasteiger partial charge < -0.3 is 15.4 Å². The molecule has 1 amide bonds. The number of fused-ring (bicyclic) bond motifs is 1. The lowest BCUT2D eigenvalue weighted by atomic mass is 10.1. The Balaban J connectivity index is 1.66. The summed E-state index contributed by atoms with van der Waals surface area (Å²) in [7, 11) is 0. The first-order valence-corrected chi connectivity index (χ1v) is 10.5. The van der Waals surface area contributed by atoms with Gasteiger partial charge in [0.2, 0.25) is 5.82 Å². The first-order chi connectivity index (χ1) is 15.5. The maximum Gasteiger partial charge on any atom is 0.410 e. The fraction of sp³-hybridized carbons (Fsp3) is 0.429. The molecule has 0 aliphatic carbocycles. The molecule has 1 fully saturated rings. The highest BCUT2D eigenvalue weighted by Gasteiger charge is 2.30. The molecule has 3 aromatic rings. The van der Waals surface area contributed by atoms with Crippen LogP contribution < -0.4 is 5.73 Å². The van der Waals surface area contributed by atoms with Crippen LogP contribution in [-0.4, -0.2) is 54.4 Å². The third-order valence-electron chi connectivity index (χ3n) is 5.40. The van der Waals surface area contributed by atoms with Crippen LogP contribution in [0.2, 0.25) is 0 Å². The van der Waals surface area contributed by atoms with Crippen LogP contribution >= 0.6 is 0 Å². The highest BCUT2D eigenvalue weighted by Crippen LogP contribution is 2.35. The van der Waals surface area contributed by atoms with Crippen LogP contribution in [0.25, 0.3) is 22.3 Å². The number of halogens is 1. The van der Waals surface area contributed by atoms with Crippen LogP contribution in [-0.2, 0) is 4.74 Å². The molecule has 0 saturated carbocycles. The van der Waals surface area contributed by atoms with E-state index in [4.69, 9.17) is 10.5 Å². The number of nitrogens with two attached hydrogens (primary N) is 1. The number of ether oxygens (including phenoxy) is 1. The number of carbonyl (C=O) groups is 1. The summed E-state index contributed by atoms with van der Waals surface area (Å²) in [5, 5.41) is 16.1. The van der Waals surface area contributed by atoms with E-state index in [1.807, 2.05) is 20.8 Å². The van der Waals surface area contributed by atoms with Gasteiger partial charge >= 0.3 is 11.8 Å². The number of amides is 1. The average Bonchev–Trinajstić information content (AvgIpc) is 3.13. The second kappa shape index (κ2) is 8.26. The molecule has 33 heavy (non-hydrogen) atoms. The van der Waals surface area contributed by atoms with Crippen LogP contribution in [0.5, 0.6) is 0 Å². The number of hydrogen-bond acceptors (Lipinski definition) is 8. The summed E-state index contributed by atoms with van der Waals surface area (Å²) in [5.74, 6) is -0.799. The van der Waals surface area contributed by atoms with E-state index in [2.05, 4.69) is 15.1 Å². The van der Waals surface area contributed by atoms with Crippen molar-refractivity contribution in [3.05, 3.63) is 40.5 Å². The Kier molecular flexibility index (Phi) is 5.60. The monoisotopic (exact) mass is 457 g/mol. The highest BCUT2D eigenvalue weighted by atomic mass is 19.1. The number of aromatic nitrogens is 4. The van der Waals surface area contributed by atoms with Crippen molar-refractivity contribution in [2.75, 3.05) is 18.8 Å². The number of nitrogen functional groups attached to an aromatic ring is 1. The second-order valence-electron chi connectivity index (χ2n) is 8.87. The van der Waals surface area contributed by atoms with Crippen molar-refractivity contribution in [2.45, 2.75) is 45.3 Å². The van der Waals surface area contributed by atoms with E-state index in [1.165, 1.54) is 12.4 Å². The normalized spacial score (nSPS) is 15.1. The summed E-state index contributed by atoms with van der Waals surface area (Å²) < 4.78 is 21.5. The van der Waals surface area contributed by atoms with Gasteiger partial charge in [0.1, 0.15) is 23.4 Å². The molecule has 2 aromatic heterocycles. The summed E-state index contributed by atoms with van der Waals surface area (Å²) in [6, 6.07) is 3.48. The number of likely N-dealkylation sites (tertiary alicyclic amines) is 1. The zero-order valence-electron chi connectivity index (χ0n) is 18.5. The van der Waals surface area contributed by atoms with E-state index in [0.29, 0.717) is 48.2 Å². The molecule has 0 radical (unpaired) electrons. The molecule has 0 unspecified atom stereocenters. The largest absolute Gasteiger partial charge is 0.444 e. The summed E-state index contributed by atoms with van der Waals surface area (Å²) in [4.78, 5) is 32.6. The molecule has 12 heteroatoms. The molecule has 4 rings (SSSR count). The van der Waals surface area contributed by atoms with E-state index in [1.54, 1.807) is 9.58 Å². The summed E-state index contributed by atoms with van der Waals surface area (Å²) in [6.45, 7) is 6.41. The number of nitro groups is 1. The number of carbonyl (C=O) groups excluding carboxylic acids is 1. The van der Waals surface area contributed by atoms with Crippen LogP contribution in [0, 0.1) is 15.9 Å². The number of hydrogen-bond donors (Lipinski definition) is 1. The molecule has 0 spiro atoms. The molecule has 1 aliphatic heterocycles. The minimum atomic E-state index is -0.971.